The number of hydrogen-bond donors (Lipinski definition) is 1. The first-order valence-corrected chi connectivity index (χ1v) is 10.5. The number of benzene rings is 3. The number of imidazole rings is 1. The van der Waals surface area contributed by atoms with Gasteiger partial charge in [-0.1, -0.05) is 35.9 Å². The molecule has 156 valence electrons. The number of halogens is 2. The summed E-state index contributed by atoms with van der Waals surface area (Å²) < 4.78 is 15.5. The third kappa shape index (κ3) is 3.45. The second kappa shape index (κ2) is 7.99. The summed E-state index contributed by atoms with van der Waals surface area (Å²) in [7, 11) is 0. The molecule has 0 radical (unpaired) electrons. The smallest absolute Gasteiger partial charge is 0.157 e. The Bertz CT molecular complexity index is 1500. The van der Waals surface area contributed by atoms with Gasteiger partial charge in [0.25, 0.3) is 0 Å². The van der Waals surface area contributed by atoms with Gasteiger partial charge in [0.15, 0.2) is 5.65 Å². The predicted octanol–water partition coefficient (Wildman–Crippen LogP) is 6.79. The molecule has 6 heteroatoms. The highest BCUT2D eigenvalue weighted by Gasteiger charge is 2.21. The van der Waals surface area contributed by atoms with Crippen molar-refractivity contribution in [2.24, 2.45) is 0 Å². The largest absolute Gasteiger partial charge is 0.341 e. The molecule has 0 saturated carbocycles. The highest BCUT2D eigenvalue weighted by atomic mass is 35.5. The van der Waals surface area contributed by atoms with Crippen LogP contribution in [0.3, 0.4) is 0 Å². The molecule has 1 N–H and O–H groups in total. The van der Waals surface area contributed by atoms with Crippen molar-refractivity contribution in [2.75, 3.05) is 5.32 Å². The van der Waals surface area contributed by atoms with Crippen molar-refractivity contribution in [1.29, 1.82) is 5.26 Å². The topological polar surface area (TPSA) is 53.1 Å². The molecule has 0 aliphatic rings. The first-order valence-electron chi connectivity index (χ1n) is 10.1. The van der Waals surface area contributed by atoms with Crippen molar-refractivity contribution in [3.05, 3.63) is 106 Å². The zero-order valence-electron chi connectivity index (χ0n) is 17.2. The number of pyridine rings is 1. The van der Waals surface area contributed by atoms with Crippen LogP contribution in [0.1, 0.15) is 22.3 Å². The van der Waals surface area contributed by atoms with Crippen LogP contribution in [-0.2, 0) is 6.42 Å². The highest BCUT2D eigenvalue weighted by molar-refractivity contribution is 6.30. The molecule has 0 atom stereocenters. The van der Waals surface area contributed by atoms with Crippen LogP contribution in [0.15, 0.2) is 72.8 Å². The summed E-state index contributed by atoms with van der Waals surface area (Å²) in [6, 6.07) is 24.0. The first-order chi connectivity index (χ1) is 15.5. The summed E-state index contributed by atoms with van der Waals surface area (Å²) in [4.78, 5) is 4.75. The van der Waals surface area contributed by atoms with E-state index in [2.05, 4.69) is 11.4 Å². The Morgan fingerprint density at radius 3 is 2.47 bits per heavy atom. The van der Waals surface area contributed by atoms with Crippen molar-refractivity contribution >= 4 is 39.8 Å². The molecular weight excluding hydrogens is 423 g/mol. The van der Waals surface area contributed by atoms with Crippen LogP contribution in [0, 0.1) is 24.1 Å². The second-order valence-electron chi connectivity index (χ2n) is 7.63. The third-order valence-electron chi connectivity index (χ3n) is 5.63. The van der Waals surface area contributed by atoms with E-state index in [9.17, 15) is 9.65 Å². The molecule has 2 aromatic heterocycles. The van der Waals surface area contributed by atoms with E-state index in [1.165, 1.54) is 12.1 Å². The lowest BCUT2D eigenvalue weighted by molar-refractivity contribution is 0.628. The van der Waals surface area contributed by atoms with Crippen LogP contribution in [0.4, 0.5) is 15.9 Å². The monoisotopic (exact) mass is 440 g/mol. The van der Waals surface area contributed by atoms with Gasteiger partial charge in [0.2, 0.25) is 0 Å². The summed E-state index contributed by atoms with van der Waals surface area (Å²) in [6.07, 6.45) is 0.587. The van der Waals surface area contributed by atoms with Crippen LogP contribution >= 0.6 is 11.6 Å². The van der Waals surface area contributed by atoms with Gasteiger partial charge in [-0.25, -0.2) is 9.37 Å². The Balaban J connectivity index is 1.81. The van der Waals surface area contributed by atoms with Gasteiger partial charge in [-0.15, -0.1) is 0 Å². The van der Waals surface area contributed by atoms with Crippen molar-refractivity contribution < 1.29 is 4.39 Å². The van der Waals surface area contributed by atoms with Crippen molar-refractivity contribution in [2.45, 2.75) is 13.3 Å². The number of para-hydroxylation sites is 2. The second-order valence-corrected chi connectivity index (χ2v) is 8.07. The zero-order valence-corrected chi connectivity index (χ0v) is 18.0. The molecule has 0 bridgehead atoms. The number of aromatic nitrogens is 2. The average Bonchev–Trinajstić information content (AvgIpc) is 3.18. The SMILES string of the molecule is Cc1c(Cc2ccc(Cl)cc2)c(Nc2ccc(F)cc2)n2c(nc3ccccc32)c1C#N. The lowest BCUT2D eigenvalue weighted by Crippen LogP contribution is -2.09. The standard InChI is InChI=1S/C26H18ClFN4/c1-16-21(14-17-6-8-18(27)9-7-17)25(30-20-12-10-19(28)11-13-20)32-24-5-3-2-4-23(24)31-26(32)22(16)15-29/h2-13,30H,14H2,1H3. The van der Waals surface area contributed by atoms with Gasteiger partial charge in [0.1, 0.15) is 17.7 Å². The maximum atomic E-state index is 13.5. The minimum absolute atomic E-state index is 0.300. The van der Waals surface area contributed by atoms with E-state index >= 15 is 0 Å². The number of hydrogen-bond acceptors (Lipinski definition) is 3. The van der Waals surface area contributed by atoms with E-state index in [0.717, 1.165) is 39.2 Å². The predicted molar refractivity (Wildman–Crippen MR) is 126 cm³/mol. The van der Waals surface area contributed by atoms with E-state index in [0.29, 0.717) is 22.7 Å². The molecule has 0 spiro atoms. The number of fused-ring (bicyclic) bond motifs is 3. The number of rotatable bonds is 4. The molecule has 0 saturated heterocycles. The fourth-order valence-electron chi connectivity index (χ4n) is 4.01. The lowest BCUT2D eigenvalue weighted by Gasteiger charge is -2.19. The van der Waals surface area contributed by atoms with Gasteiger partial charge in [-0.05, 0) is 66.6 Å². The molecule has 0 aliphatic heterocycles. The molecule has 0 aliphatic carbocycles. The lowest BCUT2D eigenvalue weighted by atomic mass is 9.97. The van der Waals surface area contributed by atoms with Gasteiger partial charge < -0.3 is 5.32 Å². The molecule has 2 heterocycles. The number of nitrogens with one attached hydrogen (secondary N) is 1. The highest BCUT2D eigenvalue weighted by Crippen LogP contribution is 2.34. The normalized spacial score (nSPS) is 11.1. The quantitative estimate of drug-likeness (QED) is 0.334. The molecule has 0 unspecified atom stereocenters. The maximum absolute atomic E-state index is 13.5. The molecule has 3 aromatic carbocycles. The van der Waals surface area contributed by atoms with Crippen LogP contribution in [0.5, 0.6) is 0 Å². The van der Waals surface area contributed by atoms with Gasteiger partial charge >= 0.3 is 0 Å². The zero-order chi connectivity index (χ0) is 22.2. The van der Waals surface area contributed by atoms with Gasteiger partial charge in [-0.3, -0.25) is 4.40 Å². The summed E-state index contributed by atoms with van der Waals surface area (Å²) in [5, 5.41) is 14.1. The van der Waals surface area contributed by atoms with E-state index in [-0.39, 0.29) is 5.82 Å². The maximum Gasteiger partial charge on any atom is 0.157 e. The number of nitrogens with zero attached hydrogens (tertiary/aromatic N) is 3. The first kappa shape index (κ1) is 20.0. The van der Waals surface area contributed by atoms with Crippen LogP contribution in [0.2, 0.25) is 5.02 Å². The van der Waals surface area contributed by atoms with Crippen LogP contribution in [-0.4, -0.2) is 9.38 Å². The van der Waals surface area contributed by atoms with Crippen molar-refractivity contribution in [1.82, 2.24) is 9.38 Å². The van der Waals surface area contributed by atoms with Gasteiger partial charge in [-0.2, -0.15) is 5.26 Å². The molecular formula is C26H18ClFN4. The third-order valence-corrected chi connectivity index (χ3v) is 5.89. The number of nitriles is 1. The van der Waals surface area contributed by atoms with E-state index in [1.54, 1.807) is 12.1 Å². The van der Waals surface area contributed by atoms with Gasteiger partial charge in [0.05, 0.1) is 16.6 Å². The van der Waals surface area contributed by atoms with E-state index < -0.39 is 0 Å². The Kier molecular flexibility index (Phi) is 5.01. The molecule has 5 rings (SSSR count). The van der Waals surface area contributed by atoms with Crippen molar-refractivity contribution in [3.63, 3.8) is 0 Å². The molecule has 5 aromatic rings. The molecule has 0 fully saturated rings. The minimum atomic E-state index is -0.300. The summed E-state index contributed by atoms with van der Waals surface area (Å²) in [5.41, 5.74) is 6.44. The van der Waals surface area contributed by atoms with Crippen LogP contribution in [0.25, 0.3) is 16.7 Å². The fourth-order valence-corrected chi connectivity index (χ4v) is 4.14. The fraction of sp³-hybridized carbons (Fsp3) is 0.0769. The molecule has 32 heavy (non-hydrogen) atoms. The van der Waals surface area contributed by atoms with Crippen molar-refractivity contribution in [3.8, 4) is 6.07 Å². The summed E-state index contributed by atoms with van der Waals surface area (Å²) in [5.74, 6) is 0.498. The van der Waals surface area contributed by atoms with Gasteiger partial charge in [0, 0.05) is 22.7 Å². The van der Waals surface area contributed by atoms with Crippen LogP contribution < -0.4 is 5.32 Å². The Hall–Kier alpha value is -3.88. The average molecular weight is 441 g/mol. The Labute approximate surface area is 189 Å². The molecule has 0 amide bonds. The summed E-state index contributed by atoms with van der Waals surface area (Å²) >= 11 is 6.08. The van der Waals surface area contributed by atoms with E-state index in [4.69, 9.17) is 16.6 Å². The molecule has 4 nitrogen and oxygen atoms in total. The minimum Gasteiger partial charge on any atom is -0.341 e. The van der Waals surface area contributed by atoms with E-state index in [1.807, 2.05) is 59.9 Å². The number of anilines is 2. The Morgan fingerprint density at radius 2 is 1.75 bits per heavy atom. The Morgan fingerprint density at radius 1 is 1.03 bits per heavy atom. The summed E-state index contributed by atoms with van der Waals surface area (Å²) in [6.45, 7) is 1.94.